The van der Waals surface area contributed by atoms with E-state index in [1.54, 1.807) is 0 Å². The van der Waals surface area contributed by atoms with Crippen molar-refractivity contribution in [2.45, 2.75) is 69.1 Å². The van der Waals surface area contributed by atoms with Gasteiger partial charge in [0, 0.05) is 51.0 Å². The Morgan fingerprint density at radius 2 is 1.77 bits per heavy atom. The number of hydrogen-bond donors (Lipinski definition) is 2. The van der Waals surface area contributed by atoms with Crippen LogP contribution in [0.4, 0.5) is 0 Å². The van der Waals surface area contributed by atoms with E-state index in [9.17, 15) is 10.2 Å². The summed E-state index contributed by atoms with van der Waals surface area (Å²) in [4.78, 5) is 3.91. The second-order valence-corrected chi connectivity index (χ2v) is 8.64. The maximum Gasteiger partial charge on any atom is 0.230 e. The van der Waals surface area contributed by atoms with Gasteiger partial charge in [-0.3, -0.25) is 0 Å². The standard InChI is InChI=1S/C26H30NO2.Y/c1-3-17-8-6-9-18(14-17)15-22-23(27-2)16-25(29)26(22)21-12-7-11-20-19(21)10-4-5-13-24(20)28;/h6-9,11-12,14,22-26,28-29H,1,3-5,10,13,15-16H2;/q-1;/t22?,23-,24?,25-,26?;/m1./s1. The number of fused-ring (bicyclic) bond motifs is 1. The van der Waals surface area contributed by atoms with Gasteiger partial charge in [0.2, 0.25) is 6.04 Å². The van der Waals surface area contributed by atoms with Gasteiger partial charge in [0.05, 0.1) is 12.2 Å². The summed E-state index contributed by atoms with van der Waals surface area (Å²) in [5.41, 5.74) is 5.81. The van der Waals surface area contributed by atoms with Crippen molar-refractivity contribution >= 4 is 0 Å². The van der Waals surface area contributed by atoms with Crippen molar-refractivity contribution in [2.75, 3.05) is 0 Å². The van der Waals surface area contributed by atoms with Gasteiger partial charge in [-0.2, -0.15) is 6.42 Å². The van der Waals surface area contributed by atoms with E-state index in [-0.39, 0.29) is 50.6 Å². The summed E-state index contributed by atoms with van der Waals surface area (Å²) >= 11 is 0. The number of benzene rings is 2. The van der Waals surface area contributed by atoms with Gasteiger partial charge in [0.25, 0.3) is 0 Å². The summed E-state index contributed by atoms with van der Waals surface area (Å²) in [6.07, 6.45) is 4.96. The van der Waals surface area contributed by atoms with Crippen LogP contribution in [0.1, 0.15) is 65.5 Å². The SMILES string of the molecule is [C-]#[N+][C@@H]1C[C@@H](O)C(c2cccc3c2CCCCC3O)C1Cc1cccc(C[CH2-])c1.[Y]. The van der Waals surface area contributed by atoms with Crippen molar-refractivity contribution in [2.24, 2.45) is 5.92 Å². The van der Waals surface area contributed by atoms with Crippen molar-refractivity contribution in [3.8, 4) is 0 Å². The number of aliphatic hydroxyl groups excluding tert-OH is 2. The van der Waals surface area contributed by atoms with E-state index in [1.807, 2.05) is 12.1 Å². The number of aliphatic hydroxyl groups is 2. The molecule has 3 nitrogen and oxygen atoms in total. The molecule has 2 N–H and O–H groups in total. The fraction of sp³-hybridized carbons (Fsp3) is 0.462. The van der Waals surface area contributed by atoms with Gasteiger partial charge in [-0.05, 0) is 47.9 Å². The second kappa shape index (κ2) is 10.5. The minimum Gasteiger partial charge on any atom is -0.392 e. The molecule has 0 aromatic heterocycles. The molecule has 1 saturated carbocycles. The Balaban J connectivity index is 0.00000256. The Hall–Kier alpha value is -1.05. The van der Waals surface area contributed by atoms with Gasteiger partial charge >= 0.3 is 0 Å². The maximum absolute atomic E-state index is 11.0. The molecule has 0 spiro atoms. The van der Waals surface area contributed by atoms with Gasteiger partial charge < -0.3 is 22.0 Å². The summed E-state index contributed by atoms with van der Waals surface area (Å²) < 4.78 is 0. The van der Waals surface area contributed by atoms with Gasteiger partial charge in [-0.15, -0.1) is 0 Å². The quantitative estimate of drug-likeness (QED) is 0.490. The molecule has 0 heterocycles. The Kier molecular flexibility index (Phi) is 8.27. The fourth-order valence-corrected chi connectivity index (χ4v) is 5.46. The smallest absolute Gasteiger partial charge is 0.230 e. The van der Waals surface area contributed by atoms with Crippen LogP contribution in [-0.2, 0) is 52.0 Å². The topological polar surface area (TPSA) is 44.8 Å². The van der Waals surface area contributed by atoms with E-state index in [2.05, 4.69) is 42.1 Å². The molecule has 0 aliphatic heterocycles. The van der Waals surface area contributed by atoms with E-state index >= 15 is 0 Å². The van der Waals surface area contributed by atoms with Crippen LogP contribution in [0.15, 0.2) is 42.5 Å². The first-order valence-corrected chi connectivity index (χ1v) is 10.8. The van der Waals surface area contributed by atoms with Crippen molar-refractivity contribution in [1.82, 2.24) is 0 Å². The van der Waals surface area contributed by atoms with Gasteiger partial charge in [0.1, 0.15) is 0 Å². The van der Waals surface area contributed by atoms with Crippen molar-refractivity contribution < 1.29 is 42.9 Å². The zero-order valence-electron chi connectivity index (χ0n) is 17.5. The van der Waals surface area contributed by atoms with Crippen LogP contribution >= 0.6 is 0 Å². The monoisotopic (exact) mass is 477 g/mol. The third-order valence-corrected chi connectivity index (χ3v) is 6.89. The zero-order valence-corrected chi connectivity index (χ0v) is 20.3. The van der Waals surface area contributed by atoms with Crippen LogP contribution in [-0.4, -0.2) is 22.4 Å². The largest absolute Gasteiger partial charge is 0.392 e. The third-order valence-electron chi connectivity index (χ3n) is 6.89. The van der Waals surface area contributed by atoms with Gasteiger partial charge in [0.15, 0.2) is 0 Å². The fourth-order valence-electron chi connectivity index (χ4n) is 5.46. The van der Waals surface area contributed by atoms with E-state index < -0.39 is 12.2 Å². The maximum atomic E-state index is 11.0. The summed E-state index contributed by atoms with van der Waals surface area (Å²) in [6, 6.07) is 14.5. The van der Waals surface area contributed by atoms with Crippen LogP contribution in [0.2, 0.25) is 0 Å². The molecule has 0 bridgehead atoms. The van der Waals surface area contributed by atoms with E-state index in [1.165, 1.54) is 16.7 Å². The van der Waals surface area contributed by atoms with Crippen LogP contribution in [0.3, 0.4) is 0 Å². The van der Waals surface area contributed by atoms with Gasteiger partial charge in [-0.25, -0.2) is 6.57 Å². The van der Waals surface area contributed by atoms with Crippen molar-refractivity contribution in [3.05, 3.63) is 88.6 Å². The molecule has 0 saturated heterocycles. The number of hydrogen-bond acceptors (Lipinski definition) is 2. The molecule has 2 aromatic rings. The Labute approximate surface area is 205 Å². The van der Waals surface area contributed by atoms with Crippen LogP contribution in [0.25, 0.3) is 4.85 Å². The summed E-state index contributed by atoms with van der Waals surface area (Å²) in [6.45, 7) is 11.7. The van der Waals surface area contributed by atoms with Crippen LogP contribution < -0.4 is 0 Å². The molecule has 2 aliphatic rings. The second-order valence-electron chi connectivity index (χ2n) is 8.64. The molecule has 5 atom stereocenters. The molecule has 2 aromatic carbocycles. The molecule has 2 aliphatic carbocycles. The van der Waals surface area contributed by atoms with Crippen molar-refractivity contribution in [3.63, 3.8) is 0 Å². The van der Waals surface area contributed by atoms with Crippen molar-refractivity contribution in [1.29, 1.82) is 0 Å². The molecular weight excluding hydrogens is 447 g/mol. The van der Waals surface area contributed by atoms with Crippen LogP contribution in [0, 0.1) is 19.4 Å². The minimum absolute atomic E-state index is 0. The average Bonchev–Trinajstić information content (AvgIpc) is 2.92. The Bertz CT molecular complexity index is 906. The molecule has 4 rings (SSSR count). The molecule has 1 radical (unpaired) electrons. The summed E-state index contributed by atoms with van der Waals surface area (Å²) in [7, 11) is 0. The summed E-state index contributed by atoms with van der Waals surface area (Å²) in [5, 5.41) is 21.6. The molecule has 0 amide bonds. The molecule has 4 heteroatoms. The Morgan fingerprint density at radius 3 is 2.53 bits per heavy atom. The van der Waals surface area contributed by atoms with E-state index in [0.29, 0.717) is 6.42 Å². The number of rotatable bonds is 4. The minimum atomic E-state index is -0.512. The predicted molar refractivity (Wildman–Crippen MR) is 115 cm³/mol. The molecule has 3 unspecified atom stereocenters. The zero-order chi connectivity index (χ0) is 20.4. The van der Waals surface area contributed by atoms with Gasteiger partial charge in [-0.1, -0.05) is 54.4 Å². The summed E-state index contributed by atoms with van der Waals surface area (Å²) in [5.74, 6) is 0.0206. The molecular formula is C26H30NO2Y-. The third kappa shape index (κ3) is 4.73. The molecule has 30 heavy (non-hydrogen) atoms. The molecule has 155 valence electrons. The first kappa shape index (κ1) is 23.6. The van der Waals surface area contributed by atoms with E-state index in [4.69, 9.17) is 6.57 Å². The van der Waals surface area contributed by atoms with E-state index in [0.717, 1.165) is 49.7 Å². The first-order chi connectivity index (χ1) is 14.1. The normalized spacial score (nSPS) is 28.1. The Morgan fingerprint density at radius 1 is 1.03 bits per heavy atom. The van der Waals surface area contributed by atoms with Crippen LogP contribution in [0.5, 0.6) is 0 Å². The predicted octanol–water partition coefficient (Wildman–Crippen LogP) is 4.82. The average molecular weight is 477 g/mol. The molecule has 1 fully saturated rings. The first-order valence-electron chi connectivity index (χ1n) is 10.8. The number of nitrogens with zero attached hydrogens (tertiary/aromatic N) is 1.